The minimum atomic E-state index is -0.303. The fraction of sp³-hybridized carbons (Fsp3) is 0.273. The smallest absolute Gasteiger partial charge is 0.254 e. The molecule has 0 unspecified atom stereocenters. The summed E-state index contributed by atoms with van der Waals surface area (Å²) in [5.74, 6) is -0.374. The molecule has 28 heavy (non-hydrogen) atoms. The van der Waals surface area contributed by atoms with Gasteiger partial charge in [0, 0.05) is 25.8 Å². The van der Waals surface area contributed by atoms with E-state index in [1.54, 1.807) is 23.0 Å². The van der Waals surface area contributed by atoms with Crippen molar-refractivity contribution in [3.05, 3.63) is 77.9 Å². The number of benzene rings is 2. The molecule has 1 N–H and O–H groups in total. The summed E-state index contributed by atoms with van der Waals surface area (Å²) in [6, 6.07) is 16.1. The van der Waals surface area contributed by atoms with Crippen molar-refractivity contribution in [1.82, 2.24) is 15.1 Å². The molecule has 1 aromatic heterocycles. The summed E-state index contributed by atoms with van der Waals surface area (Å²) in [5, 5.41) is 7.35. The molecule has 0 saturated heterocycles. The normalized spacial score (nSPS) is 10.9. The van der Waals surface area contributed by atoms with Crippen molar-refractivity contribution in [1.29, 1.82) is 0 Å². The van der Waals surface area contributed by atoms with E-state index in [9.17, 15) is 9.18 Å². The van der Waals surface area contributed by atoms with Gasteiger partial charge in [-0.1, -0.05) is 32.0 Å². The largest absolute Gasteiger partial charge is 0.373 e. The Bertz CT molecular complexity index is 919. The van der Waals surface area contributed by atoms with Gasteiger partial charge in [0.15, 0.2) is 0 Å². The number of rotatable bonds is 7. The number of hydrogen-bond acceptors (Lipinski definition) is 3. The topological polar surface area (TPSA) is 50.2 Å². The quantitative estimate of drug-likeness (QED) is 0.674. The van der Waals surface area contributed by atoms with Gasteiger partial charge in [-0.2, -0.15) is 5.10 Å². The zero-order valence-electron chi connectivity index (χ0n) is 16.4. The minimum Gasteiger partial charge on any atom is -0.373 e. The van der Waals surface area contributed by atoms with Gasteiger partial charge in [0.05, 0.1) is 23.1 Å². The Morgan fingerprint density at radius 3 is 2.46 bits per heavy atom. The highest BCUT2D eigenvalue weighted by molar-refractivity contribution is 5.95. The first-order chi connectivity index (χ1) is 13.5. The van der Waals surface area contributed by atoms with Crippen molar-refractivity contribution in [2.45, 2.75) is 19.8 Å². The lowest BCUT2D eigenvalue weighted by atomic mass is 10.0. The van der Waals surface area contributed by atoms with Crippen LogP contribution in [0.3, 0.4) is 0 Å². The maximum atomic E-state index is 13.2. The molecule has 0 aliphatic rings. The number of nitrogens with zero attached hydrogens (tertiary/aromatic N) is 3. The van der Waals surface area contributed by atoms with Crippen LogP contribution in [0.5, 0.6) is 0 Å². The Kier molecular flexibility index (Phi) is 6.09. The number of halogens is 1. The molecule has 0 fully saturated rings. The van der Waals surface area contributed by atoms with E-state index in [1.807, 2.05) is 51.2 Å². The first-order valence-corrected chi connectivity index (χ1v) is 9.35. The molecule has 1 amide bonds. The third kappa shape index (κ3) is 4.39. The summed E-state index contributed by atoms with van der Waals surface area (Å²) in [6.07, 6.45) is 1.58. The average Bonchev–Trinajstić information content (AvgIpc) is 3.14. The van der Waals surface area contributed by atoms with E-state index in [4.69, 9.17) is 0 Å². The number of para-hydroxylation sites is 1. The highest BCUT2D eigenvalue weighted by Gasteiger charge is 2.20. The molecule has 1 heterocycles. The zero-order chi connectivity index (χ0) is 20.1. The summed E-state index contributed by atoms with van der Waals surface area (Å²) in [7, 11) is 1.99. The van der Waals surface area contributed by atoms with Crippen LogP contribution in [0, 0.1) is 5.82 Å². The molecule has 3 rings (SSSR count). The summed E-state index contributed by atoms with van der Waals surface area (Å²) in [4.78, 5) is 14.8. The van der Waals surface area contributed by atoms with Crippen molar-refractivity contribution in [2.75, 3.05) is 25.0 Å². The van der Waals surface area contributed by atoms with Gasteiger partial charge in [-0.3, -0.25) is 4.79 Å². The van der Waals surface area contributed by atoms with Crippen LogP contribution in [0.25, 0.3) is 5.69 Å². The van der Waals surface area contributed by atoms with Crippen LogP contribution < -0.4 is 10.2 Å². The van der Waals surface area contributed by atoms with E-state index in [-0.39, 0.29) is 17.6 Å². The number of carbonyl (C=O) groups is 1. The summed E-state index contributed by atoms with van der Waals surface area (Å²) in [6.45, 7) is 5.23. The van der Waals surface area contributed by atoms with Gasteiger partial charge < -0.3 is 10.2 Å². The Morgan fingerprint density at radius 1 is 1.14 bits per heavy atom. The lowest BCUT2D eigenvalue weighted by Crippen LogP contribution is -2.33. The molecule has 6 heteroatoms. The standard InChI is InChI=1S/C22H25FN4O/c1-16(2)21-20(15-25-27(21)19-11-9-17(23)10-12-19)22(28)24-13-14-26(3)18-7-5-4-6-8-18/h4-12,15-16H,13-14H2,1-3H3,(H,24,28). The number of carbonyl (C=O) groups excluding carboxylic acids is 1. The van der Waals surface area contributed by atoms with Gasteiger partial charge >= 0.3 is 0 Å². The second-order valence-corrected chi connectivity index (χ2v) is 7.00. The summed E-state index contributed by atoms with van der Waals surface area (Å²) < 4.78 is 14.9. The average molecular weight is 380 g/mol. The maximum Gasteiger partial charge on any atom is 0.254 e. The monoisotopic (exact) mass is 380 g/mol. The van der Waals surface area contributed by atoms with E-state index in [0.29, 0.717) is 18.7 Å². The Balaban J connectivity index is 1.70. The number of amides is 1. The van der Waals surface area contributed by atoms with Crippen molar-refractivity contribution in [3.63, 3.8) is 0 Å². The van der Waals surface area contributed by atoms with E-state index >= 15 is 0 Å². The lowest BCUT2D eigenvalue weighted by molar-refractivity contribution is 0.0953. The fourth-order valence-corrected chi connectivity index (χ4v) is 3.12. The summed E-state index contributed by atoms with van der Waals surface area (Å²) >= 11 is 0. The lowest BCUT2D eigenvalue weighted by Gasteiger charge is -2.19. The fourth-order valence-electron chi connectivity index (χ4n) is 3.12. The summed E-state index contributed by atoms with van der Waals surface area (Å²) in [5.41, 5.74) is 3.18. The molecule has 0 aliphatic heterocycles. The molecule has 5 nitrogen and oxygen atoms in total. The Labute approximate surface area is 164 Å². The third-order valence-corrected chi connectivity index (χ3v) is 4.60. The number of aromatic nitrogens is 2. The molecular formula is C22H25FN4O. The molecular weight excluding hydrogens is 355 g/mol. The molecule has 0 bridgehead atoms. The molecule has 146 valence electrons. The molecule has 0 radical (unpaired) electrons. The van der Waals surface area contributed by atoms with Crippen LogP contribution in [0.15, 0.2) is 60.8 Å². The molecule has 0 atom stereocenters. The van der Waals surface area contributed by atoms with E-state index < -0.39 is 0 Å². The Morgan fingerprint density at radius 2 is 1.82 bits per heavy atom. The van der Waals surface area contributed by atoms with Crippen LogP contribution in [0.1, 0.15) is 35.8 Å². The number of likely N-dealkylation sites (N-methyl/N-ethyl adjacent to an activating group) is 1. The van der Waals surface area contributed by atoms with Crippen LogP contribution in [0.4, 0.5) is 10.1 Å². The van der Waals surface area contributed by atoms with Gasteiger partial charge in [0.2, 0.25) is 0 Å². The minimum absolute atomic E-state index is 0.0836. The third-order valence-electron chi connectivity index (χ3n) is 4.60. The van der Waals surface area contributed by atoms with Gasteiger partial charge in [-0.25, -0.2) is 9.07 Å². The maximum absolute atomic E-state index is 13.2. The van der Waals surface area contributed by atoms with Crippen molar-refractivity contribution >= 4 is 11.6 Å². The van der Waals surface area contributed by atoms with Crippen LogP contribution in [0.2, 0.25) is 0 Å². The van der Waals surface area contributed by atoms with Crippen LogP contribution >= 0.6 is 0 Å². The van der Waals surface area contributed by atoms with Gasteiger partial charge in [-0.05, 0) is 42.3 Å². The number of nitrogens with one attached hydrogen (secondary N) is 1. The second-order valence-electron chi connectivity index (χ2n) is 7.00. The predicted octanol–water partition coefficient (Wildman–Crippen LogP) is 4.00. The molecule has 3 aromatic rings. The molecule has 0 aliphatic carbocycles. The van der Waals surface area contributed by atoms with Crippen molar-refractivity contribution in [2.24, 2.45) is 0 Å². The number of anilines is 1. The zero-order valence-corrected chi connectivity index (χ0v) is 16.4. The first-order valence-electron chi connectivity index (χ1n) is 9.35. The molecule has 0 saturated carbocycles. The molecule has 0 spiro atoms. The van der Waals surface area contributed by atoms with Gasteiger partial charge in [0.1, 0.15) is 5.82 Å². The number of hydrogen-bond donors (Lipinski definition) is 1. The SMILES string of the molecule is CC(C)c1c(C(=O)NCCN(C)c2ccccc2)cnn1-c1ccc(F)cc1. The van der Waals surface area contributed by atoms with Crippen LogP contribution in [-0.4, -0.2) is 35.8 Å². The molecule has 2 aromatic carbocycles. The van der Waals surface area contributed by atoms with Crippen molar-refractivity contribution in [3.8, 4) is 5.69 Å². The van der Waals surface area contributed by atoms with E-state index in [0.717, 1.165) is 17.1 Å². The Hall–Kier alpha value is -3.15. The second kappa shape index (κ2) is 8.69. The van der Waals surface area contributed by atoms with E-state index in [1.165, 1.54) is 12.1 Å². The predicted molar refractivity (Wildman–Crippen MR) is 110 cm³/mol. The van der Waals surface area contributed by atoms with Gasteiger partial charge in [-0.15, -0.1) is 0 Å². The highest BCUT2D eigenvalue weighted by Crippen LogP contribution is 2.23. The van der Waals surface area contributed by atoms with Gasteiger partial charge in [0.25, 0.3) is 5.91 Å². The highest BCUT2D eigenvalue weighted by atomic mass is 19.1. The first kappa shape index (κ1) is 19.6. The van der Waals surface area contributed by atoms with Crippen LogP contribution in [-0.2, 0) is 0 Å². The van der Waals surface area contributed by atoms with Crippen molar-refractivity contribution < 1.29 is 9.18 Å². The van der Waals surface area contributed by atoms with E-state index in [2.05, 4.69) is 15.3 Å².